The van der Waals surface area contributed by atoms with Crippen molar-refractivity contribution in [2.24, 2.45) is 7.05 Å². The first kappa shape index (κ1) is 27.0. The standard InChI is InChI=1S/C26H32FN7O4S/c1-17-16-38-13-12-34(17)23-14-22(26(8-9-26)39(36,37)21-15-33(3)32-18(21)2)30-24(31-23)19-4-6-20(7-5-19)29-25(35)28-11-10-27/h4-7,14-15,17H,8-13,16H2,1-3H3,(H2,28,29,35)/t17-/m0/s1. The molecule has 39 heavy (non-hydrogen) atoms. The minimum absolute atomic E-state index is 0.0519. The summed E-state index contributed by atoms with van der Waals surface area (Å²) < 4.78 is 46.2. The van der Waals surface area contributed by atoms with Crippen molar-refractivity contribution < 1.29 is 22.3 Å². The van der Waals surface area contributed by atoms with Gasteiger partial charge < -0.3 is 20.3 Å². The second-order valence-corrected chi connectivity index (χ2v) is 12.2. The van der Waals surface area contributed by atoms with Crippen LogP contribution in [0.5, 0.6) is 0 Å². The zero-order valence-corrected chi connectivity index (χ0v) is 23.0. The molecule has 2 aromatic heterocycles. The summed E-state index contributed by atoms with van der Waals surface area (Å²) >= 11 is 0. The molecule has 2 aliphatic rings. The second-order valence-electron chi connectivity index (χ2n) is 9.95. The molecule has 3 aromatic rings. The van der Waals surface area contributed by atoms with Gasteiger partial charge in [0.05, 0.1) is 30.6 Å². The lowest BCUT2D eigenvalue weighted by atomic mass is 10.1. The molecule has 1 aromatic carbocycles. The van der Waals surface area contributed by atoms with E-state index in [1.807, 2.05) is 6.92 Å². The van der Waals surface area contributed by atoms with E-state index in [4.69, 9.17) is 14.7 Å². The monoisotopic (exact) mass is 557 g/mol. The lowest BCUT2D eigenvalue weighted by Gasteiger charge is -2.34. The highest BCUT2D eigenvalue weighted by Crippen LogP contribution is 2.55. The Hall–Kier alpha value is -3.58. The van der Waals surface area contributed by atoms with E-state index in [0.717, 1.165) is 0 Å². The van der Waals surface area contributed by atoms with Gasteiger partial charge in [0.15, 0.2) is 15.7 Å². The van der Waals surface area contributed by atoms with E-state index in [-0.39, 0.29) is 17.5 Å². The second kappa shape index (κ2) is 10.5. The van der Waals surface area contributed by atoms with Crippen LogP contribution >= 0.6 is 0 Å². The number of nitrogens with one attached hydrogen (secondary N) is 2. The Morgan fingerprint density at radius 1 is 1.23 bits per heavy atom. The van der Waals surface area contributed by atoms with Gasteiger partial charge in [-0.25, -0.2) is 27.6 Å². The Balaban J connectivity index is 1.54. The van der Waals surface area contributed by atoms with Crippen molar-refractivity contribution in [1.82, 2.24) is 25.1 Å². The average molecular weight is 558 g/mol. The van der Waals surface area contributed by atoms with Crippen LogP contribution in [0.25, 0.3) is 11.4 Å². The molecule has 2 amide bonds. The lowest BCUT2D eigenvalue weighted by molar-refractivity contribution is 0.0985. The van der Waals surface area contributed by atoms with Crippen molar-refractivity contribution in [3.63, 3.8) is 0 Å². The number of amides is 2. The lowest BCUT2D eigenvalue weighted by Crippen LogP contribution is -2.44. The maximum atomic E-state index is 14.0. The van der Waals surface area contributed by atoms with Crippen molar-refractivity contribution in [3.05, 3.63) is 47.9 Å². The highest BCUT2D eigenvalue weighted by atomic mass is 32.2. The first-order valence-corrected chi connectivity index (χ1v) is 14.3. The van der Waals surface area contributed by atoms with Gasteiger partial charge in [0.25, 0.3) is 0 Å². The summed E-state index contributed by atoms with van der Waals surface area (Å²) in [7, 11) is -2.07. The summed E-state index contributed by atoms with van der Waals surface area (Å²) in [6.07, 6.45) is 2.46. The van der Waals surface area contributed by atoms with Crippen molar-refractivity contribution in [1.29, 1.82) is 0 Å². The Morgan fingerprint density at radius 3 is 2.59 bits per heavy atom. The minimum atomic E-state index is -3.78. The predicted octanol–water partition coefficient (Wildman–Crippen LogP) is 2.96. The van der Waals surface area contributed by atoms with Crippen LogP contribution in [0.3, 0.4) is 0 Å². The maximum Gasteiger partial charge on any atom is 0.319 e. The SMILES string of the molecule is Cc1nn(C)cc1S(=O)(=O)C1(c2cc(N3CCOC[C@@H]3C)nc(-c3ccc(NC(=O)NCCF)cc3)n2)CC1. The number of carbonyl (C=O) groups is 1. The van der Waals surface area contributed by atoms with Gasteiger partial charge >= 0.3 is 6.03 Å². The van der Waals surface area contributed by atoms with E-state index in [1.54, 1.807) is 50.5 Å². The highest BCUT2D eigenvalue weighted by molar-refractivity contribution is 7.92. The van der Waals surface area contributed by atoms with Gasteiger partial charge in [0.1, 0.15) is 22.1 Å². The maximum absolute atomic E-state index is 14.0. The molecule has 0 unspecified atom stereocenters. The largest absolute Gasteiger partial charge is 0.377 e. The third-order valence-electron chi connectivity index (χ3n) is 7.10. The van der Waals surface area contributed by atoms with Gasteiger partial charge in [-0.05, 0) is 51.0 Å². The number of sulfone groups is 1. The van der Waals surface area contributed by atoms with E-state index in [0.29, 0.717) is 66.9 Å². The van der Waals surface area contributed by atoms with Gasteiger partial charge in [0.2, 0.25) is 0 Å². The number of aromatic nitrogens is 4. The van der Waals surface area contributed by atoms with E-state index >= 15 is 0 Å². The molecule has 0 radical (unpaired) electrons. The topological polar surface area (TPSA) is 131 Å². The van der Waals surface area contributed by atoms with Gasteiger partial charge in [-0.2, -0.15) is 5.10 Å². The van der Waals surface area contributed by atoms with Crippen LogP contribution in [0.1, 0.15) is 31.2 Å². The Morgan fingerprint density at radius 2 is 1.97 bits per heavy atom. The molecule has 1 saturated heterocycles. The number of nitrogens with zero attached hydrogens (tertiary/aromatic N) is 5. The van der Waals surface area contributed by atoms with Gasteiger partial charge in [0, 0.05) is 43.7 Å². The predicted molar refractivity (Wildman–Crippen MR) is 144 cm³/mol. The van der Waals surface area contributed by atoms with Crippen LogP contribution in [0.4, 0.5) is 20.7 Å². The van der Waals surface area contributed by atoms with E-state index in [2.05, 4.69) is 20.6 Å². The molecule has 3 heterocycles. The quantitative estimate of drug-likeness (QED) is 0.432. The zero-order chi connectivity index (χ0) is 27.8. The normalized spacial score (nSPS) is 18.6. The zero-order valence-electron chi connectivity index (χ0n) is 22.1. The number of hydrogen-bond donors (Lipinski definition) is 2. The van der Waals surface area contributed by atoms with Gasteiger partial charge in [-0.3, -0.25) is 4.68 Å². The fraction of sp³-hybridized carbons (Fsp3) is 0.462. The Bertz CT molecular complexity index is 1470. The van der Waals surface area contributed by atoms with Crippen molar-refractivity contribution in [2.75, 3.05) is 43.2 Å². The van der Waals surface area contributed by atoms with Crippen LogP contribution in [0, 0.1) is 6.92 Å². The molecule has 5 rings (SSSR count). The smallest absolute Gasteiger partial charge is 0.319 e. The number of alkyl halides is 1. The average Bonchev–Trinajstić information content (AvgIpc) is 3.67. The molecule has 1 aliphatic heterocycles. The summed E-state index contributed by atoms with van der Waals surface area (Å²) in [5.74, 6) is 1.03. The molecule has 13 heteroatoms. The number of carbonyl (C=O) groups excluding carboxylic acids is 1. The minimum Gasteiger partial charge on any atom is -0.377 e. The fourth-order valence-corrected chi connectivity index (χ4v) is 7.04. The van der Waals surface area contributed by atoms with E-state index in [1.165, 1.54) is 4.68 Å². The number of anilines is 2. The molecule has 0 spiro atoms. The van der Waals surface area contributed by atoms with E-state index in [9.17, 15) is 17.6 Å². The summed E-state index contributed by atoms with van der Waals surface area (Å²) in [5.41, 5.74) is 2.09. The molecule has 208 valence electrons. The summed E-state index contributed by atoms with van der Waals surface area (Å²) in [4.78, 5) is 23.8. The first-order chi connectivity index (χ1) is 18.6. The molecule has 1 saturated carbocycles. The number of halogens is 1. The molecule has 0 bridgehead atoms. The summed E-state index contributed by atoms with van der Waals surface area (Å²) in [5, 5.41) is 9.31. The third kappa shape index (κ3) is 5.20. The highest BCUT2D eigenvalue weighted by Gasteiger charge is 2.58. The van der Waals surface area contributed by atoms with Crippen LogP contribution in [0.2, 0.25) is 0 Å². The van der Waals surface area contributed by atoms with Crippen molar-refractivity contribution >= 4 is 27.4 Å². The molecule has 2 fully saturated rings. The number of rotatable bonds is 8. The first-order valence-electron chi connectivity index (χ1n) is 12.8. The number of benzene rings is 1. The Labute approximate surface area is 226 Å². The Kier molecular flexibility index (Phi) is 7.29. The van der Waals surface area contributed by atoms with Crippen LogP contribution in [0.15, 0.2) is 41.4 Å². The molecular weight excluding hydrogens is 525 g/mol. The molecule has 1 aliphatic carbocycles. The number of ether oxygens (including phenoxy) is 1. The summed E-state index contributed by atoms with van der Waals surface area (Å²) in [6.45, 7) is 4.72. The number of aryl methyl sites for hydroxylation is 2. The number of morpholine rings is 1. The molecular formula is C26H32FN7O4S. The molecule has 1 atom stereocenters. The number of urea groups is 1. The van der Waals surface area contributed by atoms with Crippen LogP contribution in [-0.4, -0.2) is 73.2 Å². The summed E-state index contributed by atoms with van der Waals surface area (Å²) in [6, 6.07) is 8.25. The van der Waals surface area contributed by atoms with Crippen molar-refractivity contribution in [2.45, 2.75) is 42.4 Å². The third-order valence-corrected chi connectivity index (χ3v) is 9.72. The van der Waals surface area contributed by atoms with Crippen LogP contribution < -0.4 is 15.5 Å². The van der Waals surface area contributed by atoms with E-state index < -0.39 is 27.3 Å². The van der Waals surface area contributed by atoms with Crippen molar-refractivity contribution in [3.8, 4) is 11.4 Å². The molecule has 11 nitrogen and oxygen atoms in total. The fourth-order valence-electron chi connectivity index (χ4n) is 4.88. The number of hydrogen-bond acceptors (Lipinski definition) is 8. The van der Waals surface area contributed by atoms with Gasteiger partial charge in [-0.1, -0.05) is 0 Å². The van der Waals surface area contributed by atoms with Gasteiger partial charge in [-0.15, -0.1) is 0 Å². The molecule has 2 N–H and O–H groups in total. The van der Waals surface area contributed by atoms with Crippen LogP contribution in [-0.2, 0) is 26.4 Å².